The van der Waals surface area contributed by atoms with Crippen molar-refractivity contribution in [3.8, 4) is 0 Å². The minimum absolute atomic E-state index is 0.104. The average Bonchev–Trinajstić information content (AvgIpc) is 2.77. The second-order valence-electron chi connectivity index (χ2n) is 7.72. The van der Waals surface area contributed by atoms with Crippen LogP contribution in [0, 0.1) is 6.92 Å². The van der Waals surface area contributed by atoms with Crippen LogP contribution < -0.4 is 16.2 Å². The first-order valence-electron chi connectivity index (χ1n) is 10.5. The van der Waals surface area contributed by atoms with E-state index in [1.54, 1.807) is 24.3 Å². The Kier molecular flexibility index (Phi) is 7.18. The van der Waals surface area contributed by atoms with Crippen LogP contribution >= 0.6 is 0 Å². The fourth-order valence-corrected chi connectivity index (χ4v) is 3.24. The van der Waals surface area contributed by atoms with Crippen LogP contribution in [0.25, 0.3) is 10.9 Å². The van der Waals surface area contributed by atoms with Crippen molar-refractivity contribution in [2.75, 3.05) is 0 Å². The number of carbonyl (C=O) groups is 2. The highest BCUT2D eigenvalue weighted by Gasteiger charge is 2.10. The van der Waals surface area contributed by atoms with Crippen molar-refractivity contribution >= 4 is 22.7 Å². The van der Waals surface area contributed by atoms with Crippen LogP contribution in [0.5, 0.6) is 0 Å². The third-order valence-electron chi connectivity index (χ3n) is 5.30. The SMILES string of the molecule is CCC(C)NC(=O)c1cccc(CNC(=O)CCn2cnc3c(C)cccc3c2=O)c1. The molecule has 7 heteroatoms. The predicted octanol–water partition coefficient (Wildman–Crippen LogP) is 2.94. The van der Waals surface area contributed by atoms with Crippen molar-refractivity contribution in [3.63, 3.8) is 0 Å². The molecule has 0 saturated heterocycles. The largest absolute Gasteiger partial charge is 0.352 e. The Labute approximate surface area is 181 Å². The molecule has 1 atom stereocenters. The summed E-state index contributed by atoms with van der Waals surface area (Å²) in [5, 5.41) is 6.33. The van der Waals surface area contributed by atoms with Gasteiger partial charge in [0, 0.05) is 31.1 Å². The summed E-state index contributed by atoms with van der Waals surface area (Å²) in [6, 6.07) is 12.8. The molecule has 0 fully saturated rings. The van der Waals surface area contributed by atoms with E-state index in [1.165, 1.54) is 10.9 Å². The number of hydrogen-bond donors (Lipinski definition) is 2. The summed E-state index contributed by atoms with van der Waals surface area (Å²) in [4.78, 5) is 41.6. The standard InChI is InChI=1S/C24H28N4O3/c1-4-17(3)27-23(30)19-9-6-8-18(13-19)14-25-21(29)11-12-28-15-26-22-16(2)7-5-10-20(22)24(28)31/h5-10,13,15,17H,4,11-12,14H2,1-3H3,(H,25,29)(H,27,30). The fraction of sp³-hybridized carbons (Fsp3) is 0.333. The Morgan fingerprint density at radius 1 is 1.16 bits per heavy atom. The average molecular weight is 421 g/mol. The van der Waals surface area contributed by atoms with E-state index in [-0.39, 0.29) is 36.4 Å². The molecule has 0 spiro atoms. The van der Waals surface area contributed by atoms with E-state index in [9.17, 15) is 14.4 Å². The van der Waals surface area contributed by atoms with E-state index in [4.69, 9.17) is 0 Å². The van der Waals surface area contributed by atoms with Crippen LogP contribution in [0.1, 0.15) is 48.2 Å². The van der Waals surface area contributed by atoms with Gasteiger partial charge >= 0.3 is 0 Å². The highest BCUT2D eigenvalue weighted by atomic mass is 16.2. The van der Waals surface area contributed by atoms with Gasteiger partial charge in [0.25, 0.3) is 11.5 Å². The van der Waals surface area contributed by atoms with E-state index in [1.807, 2.05) is 39.0 Å². The molecule has 1 aromatic heterocycles. The van der Waals surface area contributed by atoms with Crippen LogP contribution in [-0.4, -0.2) is 27.4 Å². The normalized spacial score (nSPS) is 11.8. The zero-order chi connectivity index (χ0) is 22.4. The van der Waals surface area contributed by atoms with Crippen molar-refractivity contribution < 1.29 is 9.59 Å². The number of aryl methyl sites for hydroxylation is 2. The zero-order valence-corrected chi connectivity index (χ0v) is 18.1. The van der Waals surface area contributed by atoms with Gasteiger partial charge in [0.2, 0.25) is 5.91 Å². The lowest BCUT2D eigenvalue weighted by molar-refractivity contribution is -0.121. The molecule has 2 amide bonds. The van der Waals surface area contributed by atoms with E-state index >= 15 is 0 Å². The van der Waals surface area contributed by atoms with Crippen LogP contribution in [0.15, 0.2) is 53.6 Å². The lowest BCUT2D eigenvalue weighted by atomic mass is 10.1. The van der Waals surface area contributed by atoms with E-state index in [0.29, 0.717) is 23.0 Å². The number of rotatable bonds is 8. The molecule has 2 N–H and O–H groups in total. The van der Waals surface area contributed by atoms with Gasteiger partial charge in [-0.1, -0.05) is 31.2 Å². The topological polar surface area (TPSA) is 93.1 Å². The van der Waals surface area contributed by atoms with Gasteiger partial charge in [-0.05, 0) is 49.6 Å². The summed E-state index contributed by atoms with van der Waals surface area (Å²) >= 11 is 0. The summed E-state index contributed by atoms with van der Waals surface area (Å²) in [6.45, 7) is 6.45. The molecule has 0 radical (unpaired) electrons. The lowest BCUT2D eigenvalue weighted by Gasteiger charge is -2.12. The van der Waals surface area contributed by atoms with Crippen molar-refractivity contribution in [2.24, 2.45) is 0 Å². The molecular weight excluding hydrogens is 392 g/mol. The van der Waals surface area contributed by atoms with Crippen LogP contribution in [0.4, 0.5) is 0 Å². The Morgan fingerprint density at radius 3 is 2.71 bits per heavy atom. The molecular formula is C24H28N4O3. The number of nitrogens with zero attached hydrogens (tertiary/aromatic N) is 2. The Bertz CT molecular complexity index is 1150. The van der Waals surface area contributed by atoms with Crippen LogP contribution in [0.3, 0.4) is 0 Å². The first-order valence-corrected chi connectivity index (χ1v) is 10.5. The second-order valence-corrected chi connectivity index (χ2v) is 7.72. The minimum Gasteiger partial charge on any atom is -0.352 e. The summed E-state index contributed by atoms with van der Waals surface area (Å²) in [5.41, 5.74) is 2.88. The van der Waals surface area contributed by atoms with Gasteiger partial charge < -0.3 is 10.6 Å². The summed E-state index contributed by atoms with van der Waals surface area (Å²) in [7, 11) is 0. The number of aromatic nitrogens is 2. The van der Waals surface area contributed by atoms with Gasteiger partial charge in [-0.3, -0.25) is 19.0 Å². The highest BCUT2D eigenvalue weighted by molar-refractivity contribution is 5.94. The van der Waals surface area contributed by atoms with Gasteiger partial charge in [0.05, 0.1) is 17.2 Å². The molecule has 0 saturated carbocycles. The van der Waals surface area contributed by atoms with E-state index in [0.717, 1.165) is 17.5 Å². The summed E-state index contributed by atoms with van der Waals surface area (Å²) in [6.07, 6.45) is 2.51. The van der Waals surface area contributed by atoms with E-state index in [2.05, 4.69) is 15.6 Å². The Balaban J connectivity index is 1.57. The van der Waals surface area contributed by atoms with Gasteiger partial charge in [0.15, 0.2) is 0 Å². The maximum absolute atomic E-state index is 12.6. The molecule has 3 rings (SSSR count). The van der Waals surface area contributed by atoms with Crippen molar-refractivity contribution in [3.05, 3.63) is 75.8 Å². The maximum atomic E-state index is 12.6. The quantitative estimate of drug-likeness (QED) is 0.586. The maximum Gasteiger partial charge on any atom is 0.261 e. The van der Waals surface area contributed by atoms with Crippen molar-refractivity contribution in [2.45, 2.75) is 52.7 Å². The zero-order valence-electron chi connectivity index (χ0n) is 18.1. The molecule has 0 aliphatic rings. The second kappa shape index (κ2) is 10.0. The number of para-hydroxylation sites is 1. The Morgan fingerprint density at radius 2 is 1.94 bits per heavy atom. The first kappa shape index (κ1) is 22.2. The molecule has 2 aromatic carbocycles. The van der Waals surface area contributed by atoms with Crippen molar-refractivity contribution in [1.82, 2.24) is 20.2 Å². The van der Waals surface area contributed by atoms with Gasteiger partial charge in [-0.25, -0.2) is 4.98 Å². The van der Waals surface area contributed by atoms with Gasteiger partial charge in [-0.15, -0.1) is 0 Å². The van der Waals surface area contributed by atoms with Crippen LogP contribution in [0.2, 0.25) is 0 Å². The summed E-state index contributed by atoms with van der Waals surface area (Å²) < 4.78 is 1.46. The predicted molar refractivity (Wildman–Crippen MR) is 121 cm³/mol. The van der Waals surface area contributed by atoms with Gasteiger partial charge in [0.1, 0.15) is 0 Å². The van der Waals surface area contributed by atoms with Crippen molar-refractivity contribution in [1.29, 1.82) is 0 Å². The first-order chi connectivity index (χ1) is 14.9. The number of carbonyl (C=O) groups excluding carboxylic acids is 2. The number of fused-ring (bicyclic) bond motifs is 1. The molecule has 0 aliphatic carbocycles. The number of nitrogens with one attached hydrogen (secondary N) is 2. The monoisotopic (exact) mass is 420 g/mol. The summed E-state index contributed by atoms with van der Waals surface area (Å²) in [5.74, 6) is -0.299. The number of amides is 2. The molecule has 1 heterocycles. The molecule has 0 bridgehead atoms. The molecule has 0 aliphatic heterocycles. The smallest absolute Gasteiger partial charge is 0.261 e. The Hall–Kier alpha value is -3.48. The highest BCUT2D eigenvalue weighted by Crippen LogP contribution is 2.11. The number of hydrogen-bond acceptors (Lipinski definition) is 4. The third-order valence-corrected chi connectivity index (χ3v) is 5.30. The molecule has 7 nitrogen and oxygen atoms in total. The van der Waals surface area contributed by atoms with Gasteiger partial charge in [-0.2, -0.15) is 0 Å². The number of benzene rings is 2. The fourth-order valence-electron chi connectivity index (χ4n) is 3.24. The minimum atomic E-state index is -0.175. The molecule has 31 heavy (non-hydrogen) atoms. The lowest BCUT2D eigenvalue weighted by Crippen LogP contribution is -2.32. The molecule has 162 valence electrons. The van der Waals surface area contributed by atoms with E-state index < -0.39 is 0 Å². The molecule has 1 unspecified atom stereocenters. The van der Waals surface area contributed by atoms with Crippen LogP contribution in [-0.2, 0) is 17.9 Å². The third kappa shape index (κ3) is 5.57. The molecule has 3 aromatic rings.